The number of benzene rings is 2. The van der Waals surface area contributed by atoms with E-state index in [9.17, 15) is 4.79 Å². The minimum absolute atomic E-state index is 0.116. The first-order valence-corrected chi connectivity index (χ1v) is 12.2. The van der Waals surface area contributed by atoms with E-state index in [4.69, 9.17) is 4.98 Å². The van der Waals surface area contributed by atoms with Crippen LogP contribution in [0.15, 0.2) is 54.6 Å². The van der Waals surface area contributed by atoms with Crippen molar-refractivity contribution >= 4 is 28.4 Å². The number of rotatable bonds is 4. The Morgan fingerprint density at radius 1 is 1.00 bits per heavy atom. The van der Waals surface area contributed by atoms with Crippen LogP contribution in [0.2, 0.25) is 0 Å². The van der Waals surface area contributed by atoms with Crippen LogP contribution in [0.5, 0.6) is 0 Å². The van der Waals surface area contributed by atoms with Crippen molar-refractivity contribution in [2.45, 2.75) is 62.7 Å². The highest BCUT2D eigenvalue weighted by molar-refractivity contribution is 5.93. The Morgan fingerprint density at radius 3 is 2.67 bits per heavy atom. The largest absolute Gasteiger partial charge is 0.363 e. The number of piperidine rings is 1. The lowest BCUT2D eigenvalue weighted by atomic mass is 9.98. The second-order valence-corrected chi connectivity index (χ2v) is 9.86. The van der Waals surface area contributed by atoms with Crippen molar-refractivity contribution in [1.82, 2.24) is 15.2 Å². The zero-order valence-corrected chi connectivity index (χ0v) is 19.1. The number of urea groups is 1. The molecule has 6 nitrogen and oxygen atoms in total. The molecule has 0 spiro atoms. The summed E-state index contributed by atoms with van der Waals surface area (Å²) in [4.78, 5) is 19.9. The molecule has 3 unspecified atom stereocenters. The second kappa shape index (κ2) is 8.34. The molecule has 6 heteroatoms. The standard InChI is InChI=1S/C27H31N5O/c1-32-21-9-10-22(32)16-20(15-21)29-27(33)28-19-8-12-24-18(14-19)7-13-26(30-24)31-25-11-6-17-4-2-3-5-23(17)25/h2-5,7-8,12-14,20-22,25H,6,9-11,15-16H2,1H3,(H,30,31)(H2,28,29,33). The number of nitrogens with zero attached hydrogens (tertiary/aromatic N) is 2. The van der Waals surface area contributed by atoms with Crippen LogP contribution in [0, 0.1) is 0 Å². The monoisotopic (exact) mass is 441 g/mol. The molecule has 33 heavy (non-hydrogen) atoms. The van der Waals surface area contributed by atoms with Crippen LogP contribution < -0.4 is 16.0 Å². The van der Waals surface area contributed by atoms with Crippen LogP contribution in [0.3, 0.4) is 0 Å². The Hall–Kier alpha value is -3.12. The van der Waals surface area contributed by atoms with Crippen molar-refractivity contribution in [2.24, 2.45) is 0 Å². The molecule has 6 rings (SSSR count). The van der Waals surface area contributed by atoms with Gasteiger partial charge in [0, 0.05) is 29.2 Å². The van der Waals surface area contributed by atoms with Gasteiger partial charge in [0.15, 0.2) is 0 Å². The molecule has 3 aliphatic rings. The van der Waals surface area contributed by atoms with Crippen molar-refractivity contribution in [2.75, 3.05) is 17.7 Å². The Kier molecular flexibility index (Phi) is 5.18. The molecule has 3 aromatic rings. The molecule has 2 aromatic carbocycles. The van der Waals surface area contributed by atoms with E-state index in [-0.39, 0.29) is 12.1 Å². The van der Waals surface area contributed by atoms with Gasteiger partial charge >= 0.3 is 6.03 Å². The lowest BCUT2D eigenvalue weighted by Crippen LogP contribution is -2.49. The number of carbonyl (C=O) groups is 1. The predicted molar refractivity (Wildman–Crippen MR) is 133 cm³/mol. The quantitative estimate of drug-likeness (QED) is 0.528. The molecule has 1 aromatic heterocycles. The van der Waals surface area contributed by atoms with Gasteiger partial charge in [0.2, 0.25) is 0 Å². The number of anilines is 2. The third-order valence-corrected chi connectivity index (χ3v) is 7.84. The van der Waals surface area contributed by atoms with E-state index in [0.29, 0.717) is 18.1 Å². The molecule has 2 aliphatic heterocycles. The molecule has 2 saturated heterocycles. The van der Waals surface area contributed by atoms with Crippen LogP contribution in [0.4, 0.5) is 16.3 Å². The average Bonchev–Trinajstić information content (AvgIpc) is 3.29. The Morgan fingerprint density at radius 2 is 1.82 bits per heavy atom. The van der Waals surface area contributed by atoms with E-state index in [0.717, 1.165) is 48.1 Å². The molecule has 3 N–H and O–H groups in total. The van der Waals surface area contributed by atoms with Gasteiger partial charge in [-0.3, -0.25) is 0 Å². The third kappa shape index (κ3) is 4.04. The number of fused-ring (bicyclic) bond motifs is 4. The van der Waals surface area contributed by atoms with Crippen LogP contribution in [0.25, 0.3) is 10.9 Å². The molecular weight excluding hydrogens is 410 g/mol. The average molecular weight is 442 g/mol. The number of carbonyl (C=O) groups excluding carboxylic acids is 1. The normalized spacial score (nSPS) is 26.2. The maximum atomic E-state index is 12.6. The van der Waals surface area contributed by atoms with E-state index in [1.165, 1.54) is 24.0 Å². The minimum atomic E-state index is -0.116. The number of pyridine rings is 1. The highest BCUT2D eigenvalue weighted by Gasteiger charge is 2.38. The van der Waals surface area contributed by atoms with Gasteiger partial charge in [-0.1, -0.05) is 24.3 Å². The first kappa shape index (κ1) is 20.5. The van der Waals surface area contributed by atoms with Gasteiger partial charge in [0.05, 0.1) is 11.6 Å². The minimum Gasteiger partial charge on any atom is -0.363 e. The van der Waals surface area contributed by atoms with E-state index >= 15 is 0 Å². The Balaban J connectivity index is 1.10. The third-order valence-electron chi connectivity index (χ3n) is 7.84. The number of amides is 2. The highest BCUT2D eigenvalue weighted by Crippen LogP contribution is 2.35. The molecule has 2 amide bonds. The second-order valence-electron chi connectivity index (χ2n) is 9.86. The first-order chi connectivity index (χ1) is 16.1. The molecule has 1 aliphatic carbocycles. The summed E-state index contributed by atoms with van der Waals surface area (Å²) >= 11 is 0. The maximum Gasteiger partial charge on any atom is 0.319 e. The van der Waals surface area contributed by atoms with E-state index in [1.807, 2.05) is 24.3 Å². The summed E-state index contributed by atoms with van der Waals surface area (Å²) in [5.41, 5.74) is 4.52. The van der Waals surface area contributed by atoms with Crippen molar-refractivity contribution < 1.29 is 4.79 Å². The van der Waals surface area contributed by atoms with Crippen LogP contribution in [-0.4, -0.2) is 41.1 Å². The summed E-state index contributed by atoms with van der Waals surface area (Å²) in [5, 5.41) is 10.8. The predicted octanol–water partition coefficient (Wildman–Crippen LogP) is 5.08. The van der Waals surface area contributed by atoms with Crippen LogP contribution in [0.1, 0.15) is 49.3 Å². The summed E-state index contributed by atoms with van der Waals surface area (Å²) in [6.45, 7) is 0. The topological polar surface area (TPSA) is 69.3 Å². The van der Waals surface area contributed by atoms with Crippen molar-refractivity contribution in [1.29, 1.82) is 0 Å². The SMILES string of the molecule is CN1C2CCC1CC(NC(=O)Nc1ccc3nc(NC4CCc5ccccc54)ccc3c1)C2. The van der Waals surface area contributed by atoms with Gasteiger partial charge < -0.3 is 20.9 Å². The van der Waals surface area contributed by atoms with Crippen molar-refractivity contribution in [3.05, 3.63) is 65.7 Å². The molecule has 170 valence electrons. The van der Waals surface area contributed by atoms with Gasteiger partial charge in [-0.25, -0.2) is 9.78 Å². The van der Waals surface area contributed by atoms with Gasteiger partial charge in [-0.05, 0) is 87.0 Å². The fourth-order valence-corrected chi connectivity index (χ4v) is 6.05. The number of hydrogen-bond donors (Lipinski definition) is 3. The number of nitrogens with one attached hydrogen (secondary N) is 3. The van der Waals surface area contributed by atoms with Gasteiger partial charge in [-0.2, -0.15) is 0 Å². The molecule has 3 atom stereocenters. The van der Waals surface area contributed by atoms with Gasteiger partial charge in [-0.15, -0.1) is 0 Å². The van der Waals surface area contributed by atoms with Crippen LogP contribution in [-0.2, 0) is 6.42 Å². The molecule has 0 radical (unpaired) electrons. The first-order valence-electron chi connectivity index (χ1n) is 12.2. The lowest BCUT2D eigenvalue weighted by Gasteiger charge is -2.36. The van der Waals surface area contributed by atoms with Crippen molar-refractivity contribution in [3.63, 3.8) is 0 Å². The van der Waals surface area contributed by atoms with E-state index < -0.39 is 0 Å². The van der Waals surface area contributed by atoms with Gasteiger partial charge in [0.25, 0.3) is 0 Å². The number of aromatic nitrogens is 1. The zero-order chi connectivity index (χ0) is 22.4. The summed E-state index contributed by atoms with van der Waals surface area (Å²) in [7, 11) is 2.22. The fourth-order valence-electron chi connectivity index (χ4n) is 6.05. The molecule has 2 bridgehead atoms. The maximum absolute atomic E-state index is 12.6. The zero-order valence-electron chi connectivity index (χ0n) is 19.1. The summed E-state index contributed by atoms with van der Waals surface area (Å²) in [6.07, 6.45) is 6.80. The summed E-state index contributed by atoms with van der Waals surface area (Å²) < 4.78 is 0. The Bertz CT molecular complexity index is 1180. The van der Waals surface area contributed by atoms with Crippen LogP contribution >= 0.6 is 0 Å². The summed E-state index contributed by atoms with van der Waals surface area (Å²) in [6, 6.07) is 20.3. The summed E-state index contributed by atoms with van der Waals surface area (Å²) in [5.74, 6) is 0.888. The van der Waals surface area contributed by atoms with E-state index in [1.54, 1.807) is 0 Å². The van der Waals surface area contributed by atoms with E-state index in [2.05, 4.69) is 58.2 Å². The fraction of sp³-hybridized carbons (Fsp3) is 0.407. The highest BCUT2D eigenvalue weighted by atomic mass is 16.2. The van der Waals surface area contributed by atoms with Crippen molar-refractivity contribution in [3.8, 4) is 0 Å². The molecule has 0 saturated carbocycles. The molecule has 2 fully saturated rings. The molecular formula is C27H31N5O. The Labute approximate surface area is 194 Å². The van der Waals surface area contributed by atoms with Gasteiger partial charge in [0.1, 0.15) is 5.82 Å². The lowest BCUT2D eigenvalue weighted by molar-refractivity contribution is 0.151. The molecule has 3 heterocycles. The number of aryl methyl sites for hydroxylation is 1. The smallest absolute Gasteiger partial charge is 0.319 e. The number of hydrogen-bond acceptors (Lipinski definition) is 4.